The molecule has 3 nitrogen and oxygen atoms in total. The van der Waals surface area contributed by atoms with E-state index < -0.39 is 0 Å². The number of para-hydroxylation sites is 1. The number of hydrogen-bond acceptors (Lipinski definition) is 3. The molecule has 0 bridgehead atoms. The lowest BCUT2D eigenvalue weighted by Gasteiger charge is -2.30. The number of benzene rings is 8. The lowest BCUT2D eigenvalue weighted by Crippen LogP contribution is -2.25. The number of rotatable bonds is 4. The van der Waals surface area contributed by atoms with E-state index in [2.05, 4.69) is 158 Å². The molecule has 3 heteroatoms. The highest BCUT2D eigenvalue weighted by molar-refractivity contribution is 6.06. The monoisotopic (exact) mass is 712 g/mol. The minimum absolute atomic E-state index is 0.351. The van der Waals surface area contributed by atoms with Crippen molar-refractivity contribution in [2.45, 2.75) is 5.41 Å². The Labute approximate surface area is 324 Å². The van der Waals surface area contributed by atoms with Gasteiger partial charge in [0.2, 0.25) is 0 Å². The summed E-state index contributed by atoms with van der Waals surface area (Å²) in [7, 11) is 0. The molecule has 260 valence electrons. The van der Waals surface area contributed by atoms with Gasteiger partial charge in [0, 0.05) is 27.5 Å². The van der Waals surface area contributed by atoms with E-state index in [9.17, 15) is 0 Å². The molecule has 2 aliphatic rings. The van der Waals surface area contributed by atoms with E-state index in [1.807, 2.05) is 36.4 Å². The molecule has 2 aliphatic carbocycles. The van der Waals surface area contributed by atoms with E-state index >= 15 is 0 Å². The van der Waals surface area contributed by atoms with Gasteiger partial charge < -0.3 is 4.42 Å². The molecule has 1 spiro atoms. The van der Waals surface area contributed by atoms with Crippen molar-refractivity contribution in [3.8, 4) is 67.3 Å². The maximum Gasteiger partial charge on any atom is 0.160 e. The lowest BCUT2D eigenvalue weighted by atomic mass is 9.70. The van der Waals surface area contributed by atoms with Gasteiger partial charge >= 0.3 is 0 Å². The summed E-state index contributed by atoms with van der Waals surface area (Å²) in [5.74, 6) is 0.685. The fraction of sp³-hybridized carbons (Fsp3) is 0.0189. The SMILES string of the molecule is c1ccc(-c2nc(-c3cccc(-c4ccc5c(c4)-c4ccccc4C54c5ccccc5-c5ccccc54)c3)cc(-c3ccc4c(c3)oc3ccccc34)n2)cc1. The molecule has 2 heterocycles. The maximum atomic E-state index is 6.28. The Morgan fingerprint density at radius 3 is 1.57 bits per heavy atom. The summed E-state index contributed by atoms with van der Waals surface area (Å²) in [6.07, 6.45) is 0. The topological polar surface area (TPSA) is 38.9 Å². The average Bonchev–Trinajstić information content (AvgIpc) is 3.90. The fourth-order valence-electron chi connectivity index (χ4n) is 9.48. The average molecular weight is 713 g/mol. The molecule has 0 fully saturated rings. The van der Waals surface area contributed by atoms with Crippen LogP contribution in [0, 0.1) is 0 Å². The number of furan rings is 1. The van der Waals surface area contributed by atoms with Gasteiger partial charge in [-0.1, -0.05) is 158 Å². The van der Waals surface area contributed by atoms with E-state index in [-0.39, 0.29) is 5.41 Å². The highest BCUT2D eigenvalue weighted by Gasteiger charge is 2.51. The standard InChI is InChI=1S/C53H32N2O/c1-2-13-33(14-3-1)52-54-48(32-49(55-52)37-25-27-42-41-20-7-11-24-50(41)56-51(42)31-37)36-16-12-15-34(29-36)35-26-28-47-43(30-35)40-19-6-10-23-46(40)53(47)44-21-8-4-17-38(44)39-18-5-9-22-45(39)53/h1-32H. The molecule has 10 aromatic rings. The van der Waals surface area contributed by atoms with Crippen LogP contribution < -0.4 is 0 Å². The molecule has 0 radical (unpaired) electrons. The summed E-state index contributed by atoms with van der Waals surface area (Å²) < 4.78 is 6.28. The first-order valence-electron chi connectivity index (χ1n) is 19.1. The smallest absolute Gasteiger partial charge is 0.160 e. The Morgan fingerprint density at radius 1 is 0.321 bits per heavy atom. The lowest BCUT2D eigenvalue weighted by molar-refractivity contribution is 0.669. The third kappa shape index (κ3) is 4.40. The first kappa shape index (κ1) is 31.0. The summed E-state index contributed by atoms with van der Waals surface area (Å²) in [5, 5.41) is 2.21. The van der Waals surface area contributed by atoms with Crippen LogP contribution in [0.4, 0.5) is 0 Å². The van der Waals surface area contributed by atoms with E-state index in [1.165, 1.54) is 50.1 Å². The Balaban J connectivity index is 1.00. The quantitative estimate of drug-likeness (QED) is 0.182. The Morgan fingerprint density at radius 2 is 0.839 bits per heavy atom. The van der Waals surface area contributed by atoms with Crippen LogP contribution >= 0.6 is 0 Å². The zero-order valence-electron chi connectivity index (χ0n) is 30.3. The molecule has 0 saturated heterocycles. The van der Waals surface area contributed by atoms with Crippen molar-refractivity contribution in [2.24, 2.45) is 0 Å². The normalized spacial score (nSPS) is 13.1. The zero-order valence-corrected chi connectivity index (χ0v) is 30.3. The van der Waals surface area contributed by atoms with Gasteiger partial charge in [0.1, 0.15) is 11.2 Å². The molecule has 12 rings (SSSR count). The number of hydrogen-bond donors (Lipinski definition) is 0. The van der Waals surface area contributed by atoms with Gasteiger partial charge in [-0.05, 0) is 92.0 Å². The molecule has 0 N–H and O–H groups in total. The van der Waals surface area contributed by atoms with Crippen molar-refractivity contribution in [3.05, 3.63) is 216 Å². The van der Waals surface area contributed by atoms with Crippen LogP contribution in [0.1, 0.15) is 22.3 Å². The summed E-state index contributed by atoms with van der Waals surface area (Å²) in [6, 6.07) is 69.6. The second-order valence-electron chi connectivity index (χ2n) is 14.9. The predicted molar refractivity (Wildman–Crippen MR) is 227 cm³/mol. The fourth-order valence-corrected chi connectivity index (χ4v) is 9.48. The van der Waals surface area contributed by atoms with Crippen LogP contribution in [0.5, 0.6) is 0 Å². The van der Waals surface area contributed by atoms with Gasteiger partial charge in [0.25, 0.3) is 0 Å². The van der Waals surface area contributed by atoms with Crippen LogP contribution in [0.15, 0.2) is 199 Å². The molecular weight excluding hydrogens is 681 g/mol. The predicted octanol–water partition coefficient (Wildman–Crippen LogP) is 13.4. The second-order valence-corrected chi connectivity index (χ2v) is 14.9. The summed E-state index contributed by atoms with van der Waals surface area (Å²) in [4.78, 5) is 10.3. The van der Waals surface area contributed by atoms with Crippen LogP contribution in [-0.4, -0.2) is 9.97 Å². The van der Waals surface area contributed by atoms with E-state index in [1.54, 1.807) is 0 Å². The Kier molecular flexibility index (Phi) is 6.55. The highest BCUT2D eigenvalue weighted by Crippen LogP contribution is 2.63. The minimum atomic E-state index is -0.351. The first-order chi connectivity index (χ1) is 27.7. The summed E-state index contributed by atoms with van der Waals surface area (Å²) >= 11 is 0. The third-order valence-corrected chi connectivity index (χ3v) is 11.9. The van der Waals surface area contributed by atoms with Gasteiger partial charge in [-0.15, -0.1) is 0 Å². The highest BCUT2D eigenvalue weighted by atomic mass is 16.3. The number of fused-ring (bicyclic) bond motifs is 13. The van der Waals surface area contributed by atoms with Crippen molar-refractivity contribution in [3.63, 3.8) is 0 Å². The first-order valence-corrected chi connectivity index (χ1v) is 19.1. The van der Waals surface area contributed by atoms with Gasteiger partial charge in [0.15, 0.2) is 5.82 Å². The summed E-state index contributed by atoms with van der Waals surface area (Å²) in [5.41, 5.74) is 19.0. The molecule has 0 saturated carbocycles. The molecular formula is C53H32N2O. The van der Waals surface area contributed by atoms with Gasteiger partial charge in [0.05, 0.1) is 16.8 Å². The third-order valence-electron chi connectivity index (χ3n) is 11.9. The molecule has 0 unspecified atom stereocenters. The molecule has 0 aliphatic heterocycles. The molecule has 0 amide bonds. The molecule has 2 aromatic heterocycles. The van der Waals surface area contributed by atoms with Gasteiger partial charge in [-0.2, -0.15) is 0 Å². The van der Waals surface area contributed by atoms with Crippen molar-refractivity contribution >= 4 is 21.9 Å². The van der Waals surface area contributed by atoms with Gasteiger partial charge in [-0.3, -0.25) is 0 Å². The van der Waals surface area contributed by atoms with Crippen LogP contribution in [0.25, 0.3) is 89.2 Å². The molecule has 8 aromatic carbocycles. The Bertz CT molecular complexity index is 3170. The van der Waals surface area contributed by atoms with E-state index in [0.29, 0.717) is 5.82 Å². The Hall–Kier alpha value is -7.36. The number of nitrogens with zero attached hydrogens (tertiary/aromatic N) is 2. The molecule has 56 heavy (non-hydrogen) atoms. The van der Waals surface area contributed by atoms with E-state index in [0.717, 1.165) is 55.6 Å². The zero-order chi connectivity index (χ0) is 36.8. The van der Waals surface area contributed by atoms with Crippen molar-refractivity contribution in [1.29, 1.82) is 0 Å². The van der Waals surface area contributed by atoms with Crippen molar-refractivity contribution < 1.29 is 4.42 Å². The second kappa shape index (κ2) is 11.8. The van der Waals surface area contributed by atoms with Crippen molar-refractivity contribution in [2.75, 3.05) is 0 Å². The minimum Gasteiger partial charge on any atom is -0.456 e. The largest absolute Gasteiger partial charge is 0.456 e. The number of aromatic nitrogens is 2. The maximum absolute atomic E-state index is 6.28. The van der Waals surface area contributed by atoms with Gasteiger partial charge in [-0.25, -0.2) is 9.97 Å². The van der Waals surface area contributed by atoms with Crippen LogP contribution in [-0.2, 0) is 5.41 Å². The molecule has 0 atom stereocenters. The van der Waals surface area contributed by atoms with E-state index in [4.69, 9.17) is 14.4 Å². The van der Waals surface area contributed by atoms with Crippen molar-refractivity contribution in [1.82, 2.24) is 9.97 Å². The van der Waals surface area contributed by atoms with Crippen LogP contribution in [0.2, 0.25) is 0 Å². The summed E-state index contributed by atoms with van der Waals surface area (Å²) in [6.45, 7) is 0. The van der Waals surface area contributed by atoms with Crippen LogP contribution in [0.3, 0.4) is 0 Å².